The molecule has 17 heavy (non-hydrogen) atoms. The molecule has 2 aromatic rings. The average molecular weight is 231 g/mol. The Hall–Kier alpha value is -1.91. The van der Waals surface area contributed by atoms with E-state index in [2.05, 4.69) is 22.0 Å². The van der Waals surface area contributed by atoms with Gasteiger partial charge in [-0.2, -0.15) is 5.10 Å². The van der Waals surface area contributed by atoms with E-state index in [0.717, 1.165) is 29.9 Å². The maximum absolute atomic E-state index is 5.87. The summed E-state index contributed by atoms with van der Waals surface area (Å²) in [5.41, 5.74) is 8.64. The molecule has 0 saturated heterocycles. The number of nitrogens with two attached hydrogens (primary N) is 1. The zero-order valence-corrected chi connectivity index (χ0v) is 10.4. The molecule has 0 saturated carbocycles. The fraction of sp³-hybridized carbons (Fsp3) is 0.417. The molecule has 2 N–H and O–H groups in total. The molecule has 0 bridgehead atoms. The summed E-state index contributed by atoms with van der Waals surface area (Å²) in [6.45, 7) is 6.84. The third-order valence-corrected chi connectivity index (χ3v) is 2.81. The van der Waals surface area contributed by atoms with Crippen molar-refractivity contribution in [1.82, 2.24) is 19.7 Å². The van der Waals surface area contributed by atoms with Crippen molar-refractivity contribution in [1.29, 1.82) is 0 Å². The highest BCUT2D eigenvalue weighted by Crippen LogP contribution is 2.19. The maximum Gasteiger partial charge on any atom is 0.180 e. The topological polar surface area (TPSA) is 69.6 Å². The highest BCUT2D eigenvalue weighted by molar-refractivity contribution is 5.54. The summed E-state index contributed by atoms with van der Waals surface area (Å²) in [6, 6.07) is 1.92. The minimum atomic E-state index is 0.539. The number of hydrogen-bond donors (Lipinski definition) is 1. The monoisotopic (exact) mass is 231 g/mol. The standard InChI is InChI=1S/C12H17N5/c1-4-7-17-10(5-6-14-17)12-15-9(3)8(2)11(13)16-12/h5-6H,4,7H2,1-3H3,(H2,13,15,16). The Morgan fingerprint density at radius 2 is 2.06 bits per heavy atom. The number of aryl methyl sites for hydroxylation is 2. The lowest BCUT2D eigenvalue weighted by Crippen LogP contribution is -2.06. The van der Waals surface area contributed by atoms with Crippen molar-refractivity contribution in [2.75, 3.05) is 5.73 Å². The fourth-order valence-corrected chi connectivity index (χ4v) is 1.68. The quantitative estimate of drug-likeness (QED) is 0.876. The summed E-state index contributed by atoms with van der Waals surface area (Å²) < 4.78 is 1.91. The molecule has 0 radical (unpaired) electrons. The van der Waals surface area contributed by atoms with E-state index in [0.29, 0.717) is 11.6 Å². The van der Waals surface area contributed by atoms with Crippen molar-refractivity contribution in [3.05, 3.63) is 23.5 Å². The Labute approximate surface area is 101 Å². The molecule has 0 atom stereocenters. The maximum atomic E-state index is 5.87. The van der Waals surface area contributed by atoms with Gasteiger partial charge in [-0.25, -0.2) is 9.97 Å². The predicted molar refractivity (Wildman–Crippen MR) is 67.4 cm³/mol. The number of hydrogen-bond acceptors (Lipinski definition) is 4. The normalized spacial score (nSPS) is 10.8. The van der Waals surface area contributed by atoms with E-state index in [1.54, 1.807) is 6.20 Å². The zero-order chi connectivity index (χ0) is 12.4. The van der Waals surface area contributed by atoms with Gasteiger partial charge < -0.3 is 5.73 Å². The second kappa shape index (κ2) is 4.53. The van der Waals surface area contributed by atoms with Crippen LogP contribution < -0.4 is 5.73 Å². The number of rotatable bonds is 3. The highest BCUT2D eigenvalue weighted by Gasteiger charge is 2.11. The van der Waals surface area contributed by atoms with Crippen LogP contribution in [0.1, 0.15) is 24.6 Å². The van der Waals surface area contributed by atoms with E-state index < -0.39 is 0 Å². The highest BCUT2D eigenvalue weighted by atomic mass is 15.3. The summed E-state index contributed by atoms with van der Waals surface area (Å²) in [6.07, 6.45) is 2.79. The first kappa shape index (κ1) is 11.6. The molecule has 0 unspecified atom stereocenters. The third-order valence-electron chi connectivity index (χ3n) is 2.81. The third kappa shape index (κ3) is 2.13. The van der Waals surface area contributed by atoms with Gasteiger partial charge in [0.15, 0.2) is 5.82 Å². The molecule has 0 aliphatic heterocycles. The van der Waals surface area contributed by atoms with E-state index >= 15 is 0 Å². The van der Waals surface area contributed by atoms with E-state index in [4.69, 9.17) is 5.73 Å². The van der Waals surface area contributed by atoms with Crippen LogP contribution in [0.3, 0.4) is 0 Å². The van der Waals surface area contributed by atoms with Crippen molar-refractivity contribution < 1.29 is 0 Å². The molecule has 0 aliphatic rings. The van der Waals surface area contributed by atoms with Gasteiger partial charge in [-0.1, -0.05) is 6.92 Å². The lowest BCUT2D eigenvalue weighted by Gasteiger charge is -2.08. The van der Waals surface area contributed by atoms with Gasteiger partial charge >= 0.3 is 0 Å². The van der Waals surface area contributed by atoms with Crippen LogP contribution in [0.5, 0.6) is 0 Å². The van der Waals surface area contributed by atoms with Crippen molar-refractivity contribution in [3.63, 3.8) is 0 Å². The molecule has 2 rings (SSSR count). The number of nitrogen functional groups attached to an aromatic ring is 1. The minimum absolute atomic E-state index is 0.539. The molecule has 5 heteroatoms. The zero-order valence-electron chi connectivity index (χ0n) is 10.4. The summed E-state index contributed by atoms with van der Waals surface area (Å²) in [5.74, 6) is 1.19. The van der Waals surface area contributed by atoms with Crippen LogP contribution in [0.25, 0.3) is 11.5 Å². The van der Waals surface area contributed by atoms with Gasteiger partial charge in [0.2, 0.25) is 0 Å². The second-order valence-electron chi connectivity index (χ2n) is 4.08. The Morgan fingerprint density at radius 1 is 1.29 bits per heavy atom. The summed E-state index contributed by atoms with van der Waals surface area (Å²) in [7, 11) is 0. The first-order valence-electron chi connectivity index (χ1n) is 5.76. The Bertz CT molecular complexity index is 506. The Balaban J connectivity index is 2.49. The van der Waals surface area contributed by atoms with Gasteiger partial charge in [-0.15, -0.1) is 0 Å². The SMILES string of the molecule is CCCn1nccc1-c1nc(C)c(C)c(N)n1. The van der Waals surface area contributed by atoms with Gasteiger partial charge in [-0.3, -0.25) is 4.68 Å². The van der Waals surface area contributed by atoms with E-state index in [1.807, 2.05) is 24.6 Å². The van der Waals surface area contributed by atoms with E-state index in [-0.39, 0.29) is 0 Å². The predicted octanol–water partition coefficient (Wildman–Crippen LogP) is 1.95. The average Bonchev–Trinajstić information content (AvgIpc) is 2.74. The van der Waals surface area contributed by atoms with Crippen LogP contribution in [0.15, 0.2) is 12.3 Å². The first-order valence-corrected chi connectivity index (χ1v) is 5.76. The Kier molecular flexibility index (Phi) is 3.08. The summed E-state index contributed by atoms with van der Waals surface area (Å²) >= 11 is 0. The van der Waals surface area contributed by atoms with Crippen LogP contribution in [0, 0.1) is 13.8 Å². The molecular formula is C12H17N5. The molecule has 5 nitrogen and oxygen atoms in total. The van der Waals surface area contributed by atoms with E-state index in [9.17, 15) is 0 Å². The van der Waals surface area contributed by atoms with Crippen LogP contribution in [0.2, 0.25) is 0 Å². The van der Waals surface area contributed by atoms with Crippen LogP contribution >= 0.6 is 0 Å². The molecule has 0 amide bonds. The second-order valence-corrected chi connectivity index (χ2v) is 4.08. The van der Waals surface area contributed by atoms with Crippen molar-refractivity contribution in [2.24, 2.45) is 0 Å². The number of aromatic nitrogens is 4. The number of nitrogens with zero attached hydrogens (tertiary/aromatic N) is 4. The molecule has 0 aromatic carbocycles. The van der Waals surface area contributed by atoms with Gasteiger partial charge in [0.05, 0.1) is 0 Å². The minimum Gasteiger partial charge on any atom is -0.383 e. The molecule has 0 fully saturated rings. The summed E-state index contributed by atoms with van der Waals surface area (Å²) in [5, 5.41) is 4.26. The van der Waals surface area contributed by atoms with Crippen LogP contribution in [-0.2, 0) is 6.54 Å². The smallest absolute Gasteiger partial charge is 0.180 e. The molecule has 2 heterocycles. The Morgan fingerprint density at radius 3 is 2.71 bits per heavy atom. The lowest BCUT2D eigenvalue weighted by atomic mass is 10.2. The number of anilines is 1. The first-order chi connectivity index (χ1) is 8.13. The lowest BCUT2D eigenvalue weighted by molar-refractivity contribution is 0.606. The molecule has 0 spiro atoms. The van der Waals surface area contributed by atoms with Crippen molar-refractivity contribution in [2.45, 2.75) is 33.7 Å². The largest absolute Gasteiger partial charge is 0.383 e. The van der Waals surface area contributed by atoms with Crippen molar-refractivity contribution >= 4 is 5.82 Å². The van der Waals surface area contributed by atoms with Gasteiger partial charge in [-0.05, 0) is 26.3 Å². The molecule has 2 aromatic heterocycles. The molecule has 90 valence electrons. The summed E-state index contributed by atoms with van der Waals surface area (Å²) in [4.78, 5) is 8.79. The van der Waals surface area contributed by atoms with Crippen molar-refractivity contribution in [3.8, 4) is 11.5 Å². The van der Waals surface area contributed by atoms with Gasteiger partial charge in [0, 0.05) is 24.0 Å². The van der Waals surface area contributed by atoms with Gasteiger partial charge in [0.1, 0.15) is 11.5 Å². The van der Waals surface area contributed by atoms with Crippen LogP contribution in [0.4, 0.5) is 5.82 Å². The van der Waals surface area contributed by atoms with Gasteiger partial charge in [0.25, 0.3) is 0 Å². The fourth-order valence-electron chi connectivity index (χ4n) is 1.68. The van der Waals surface area contributed by atoms with E-state index in [1.165, 1.54) is 0 Å². The molecular weight excluding hydrogens is 214 g/mol. The van der Waals surface area contributed by atoms with Crippen LogP contribution in [-0.4, -0.2) is 19.7 Å². The molecule has 0 aliphatic carbocycles.